The van der Waals surface area contributed by atoms with Crippen LogP contribution in [-0.4, -0.2) is 26.0 Å². The summed E-state index contributed by atoms with van der Waals surface area (Å²) in [5.41, 5.74) is 0.494. The molecule has 0 radical (unpaired) electrons. The molecule has 2 heterocycles. The molecular weight excluding hydrogens is 264 g/mol. The first-order valence-electron chi connectivity index (χ1n) is 6.06. The number of aliphatic hydroxyl groups is 1. The Morgan fingerprint density at radius 1 is 1.63 bits per heavy atom. The van der Waals surface area contributed by atoms with Crippen LogP contribution in [0.2, 0.25) is 0 Å². The highest BCUT2D eigenvalue weighted by molar-refractivity contribution is 7.09. The van der Waals surface area contributed by atoms with Gasteiger partial charge in [-0.15, -0.1) is 16.4 Å². The zero-order valence-electron chi connectivity index (χ0n) is 10.6. The van der Waals surface area contributed by atoms with Crippen molar-refractivity contribution in [3.8, 4) is 0 Å². The Bertz CT molecular complexity index is 524. The van der Waals surface area contributed by atoms with Crippen molar-refractivity contribution in [3.63, 3.8) is 0 Å². The standard InChI is InChI=1S/C12H16N4O2S/c1-2-11(17)10-7-16(15-14-10)8-12(18)13-6-9-4-3-5-19-9/h3-5,7,11,17H,2,6,8H2,1H3,(H,13,18). The van der Waals surface area contributed by atoms with Gasteiger partial charge >= 0.3 is 0 Å². The van der Waals surface area contributed by atoms with Crippen LogP contribution in [0.25, 0.3) is 0 Å². The second-order valence-corrected chi connectivity index (χ2v) is 5.15. The smallest absolute Gasteiger partial charge is 0.242 e. The van der Waals surface area contributed by atoms with Crippen molar-refractivity contribution in [2.75, 3.05) is 0 Å². The lowest BCUT2D eigenvalue weighted by molar-refractivity contribution is -0.122. The Morgan fingerprint density at radius 3 is 3.16 bits per heavy atom. The average Bonchev–Trinajstić information content (AvgIpc) is 3.06. The summed E-state index contributed by atoms with van der Waals surface area (Å²) in [7, 11) is 0. The summed E-state index contributed by atoms with van der Waals surface area (Å²) in [5, 5.41) is 22.0. The fourth-order valence-corrected chi connectivity index (χ4v) is 2.20. The molecule has 2 aromatic rings. The van der Waals surface area contributed by atoms with Gasteiger partial charge in [-0.25, -0.2) is 4.68 Å². The minimum atomic E-state index is -0.622. The zero-order valence-corrected chi connectivity index (χ0v) is 11.4. The minimum Gasteiger partial charge on any atom is -0.387 e. The van der Waals surface area contributed by atoms with E-state index in [1.807, 2.05) is 24.4 Å². The van der Waals surface area contributed by atoms with Gasteiger partial charge in [0.2, 0.25) is 5.91 Å². The molecule has 102 valence electrons. The molecular formula is C12H16N4O2S. The van der Waals surface area contributed by atoms with Crippen LogP contribution in [-0.2, 0) is 17.9 Å². The first-order valence-corrected chi connectivity index (χ1v) is 6.94. The molecule has 1 unspecified atom stereocenters. The maximum Gasteiger partial charge on any atom is 0.242 e. The summed E-state index contributed by atoms with van der Waals surface area (Å²) in [6.45, 7) is 2.49. The van der Waals surface area contributed by atoms with Gasteiger partial charge in [0.15, 0.2) is 0 Å². The minimum absolute atomic E-state index is 0.106. The number of nitrogens with one attached hydrogen (secondary N) is 1. The summed E-state index contributed by atoms with van der Waals surface area (Å²) in [6.07, 6.45) is 1.55. The summed E-state index contributed by atoms with van der Waals surface area (Å²) < 4.78 is 1.43. The number of rotatable bonds is 6. The van der Waals surface area contributed by atoms with E-state index in [1.54, 1.807) is 17.5 Å². The SMILES string of the molecule is CCC(O)c1cn(CC(=O)NCc2cccs2)nn1. The van der Waals surface area contributed by atoms with E-state index < -0.39 is 6.10 Å². The molecule has 0 fully saturated rings. The normalized spacial score (nSPS) is 12.3. The van der Waals surface area contributed by atoms with Gasteiger partial charge in [-0.05, 0) is 17.9 Å². The van der Waals surface area contributed by atoms with E-state index in [2.05, 4.69) is 15.6 Å². The van der Waals surface area contributed by atoms with E-state index in [4.69, 9.17) is 0 Å². The Morgan fingerprint density at radius 2 is 2.47 bits per heavy atom. The predicted molar refractivity (Wildman–Crippen MR) is 71.4 cm³/mol. The van der Waals surface area contributed by atoms with Gasteiger partial charge in [-0.2, -0.15) is 0 Å². The Hall–Kier alpha value is -1.73. The number of carbonyl (C=O) groups excluding carboxylic acids is 1. The second kappa shape index (κ2) is 6.44. The van der Waals surface area contributed by atoms with Gasteiger partial charge in [0.05, 0.1) is 18.8 Å². The molecule has 2 N–H and O–H groups in total. The quantitative estimate of drug-likeness (QED) is 0.830. The summed E-state index contributed by atoms with van der Waals surface area (Å²) in [6, 6.07) is 3.91. The number of carbonyl (C=O) groups is 1. The Labute approximate surface area is 115 Å². The molecule has 1 amide bonds. The lowest BCUT2D eigenvalue weighted by Gasteiger charge is -2.03. The highest BCUT2D eigenvalue weighted by Gasteiger charge is 2.11. The third kappa shape index (κ3) is 3.87. The van der Waals surface area contributed by atoms with E-state index in [-0.39, 0.29) is 12.5 Å². The van der Waals surface area contributed by atoms with Crippen molar-refractivity contribution in [1.29, 1.82) is 0 Å². The summed E-state index contributed by atoms with van der Waals surface area (Å²) in [4.78, 5) is 12.8. The van der Waals surface area contributed by atoms with E-state index in [9.17, 15) is 9.90 Å². The third-order valence-electron chi connectivity index (χ3n) is 2.63. The number of hydrogen-bond acceptors (Lipinski definition) is 5. The van der Waals surface area contributed by atoms with Crippen LogP contribution >= 0.6 is 11.3 Å². The molecule has 0 bridgehead atoms. The molecule has 0 aliphatic heterocycles. The molecule has 0 saturated heterocycles. The summed E-state index contributed by atoms with van der Waals surface area (Å²) >= 11 is 1.60. The van der Waals surface area contributed by atoms with Gasteiger partial charge in [-0.1, -0.05) is 18.2 Å². The van der Waals surface area contributed by atoms with Crippen LogP contribution in [0.3, 0.4) is 0 Å². The highest BCUT2D eigenvalue weighted by atomic mass is 32.1. The van der Waals surface area contributed by atoms with Crippen LogP contribution in [0.5, 0.6) is 0 Å². The molecule has 6 nitrogen and oxygen atoms in total. The Kier molecular flexibility index (Phi) is 4.64. The number of aromatic nitrogens is 3. The molecule has 7 heteroatoms. The van der Waals surface area contributed by atoms with Crippen molar-refractivity contribution in [1.82, 2.24) is 20.3 Å². The van der Waals surface area contributed by atoms with E-state index in [0.29, 0.717) is 18.7 Å². The van der Waals surface area contributed by atoms with Gasteiger partial charge < -0.3 is 10.4 Å². The molecule has 2 aromatic heterocycles. The predicted octanol–water partition coefficient (Wildman–Crippen LogP) is 1.10. The van der Waals surface area contributed by atoms with Crippen molar-refractivity contribution in [2.45, 2.75) is 32.5 Å². The molecule has 0 aliphatic rings. The molecule has 1 atom stereocenters. The molecule has 2 rings (SSSR count). The first kappa shape index (κ1) is 13.7. The van der Waals surface area contributed by atoms with Gasteiger partial charge in [0, 0.05) is 4.88 Å². The van der Waals surface area contributed by atoms with Crippen molar-refractivity contribution >= 4 is 17.2 Å². The fourth-order valence-electron chi connectivity index (χ4n) is 1.55. The van der Waals surface area contributed by atoms with Crippen molar-refractivity contribution < 1.29 is 9.90 Å². The van der Waals surface area contributed by atoms with E-state index in [1.165, 1.54) is 4.68 Å². The molecule has 0 spiro atoms. The monoisotopic (exact) mass is 280 g/mol. The number of thiophene rings is 1. The first-order chi connectivity index (χ1) is 9.19. The molecule has 19 heavy (non-hydrogen) atoms. The maximum atomic E-state index is 11.7. The molecule has 0 saturated carbocycles. The lowest BCUT2D eigenvalue weighted by Crippen LogP contribution is -2.27. The maximum absolute atomic E-state index is 11.7. The van der Waals surface area contributed by atoms with Crippen LogP contribution in [0.1, 0.15) is 30.0 Å². The summed E-state index contributed by atoms with van der Waals surface area (Å²) in [5.74, 6) is -0.129. The lowest BCUT2D eigenvalue weighted by atomic mass is 10.2. The average molecular weight is 280 g/mol. The zero-order chi connectivity index (χ0) is 13.7. The topological polar surface area (TPSA) is 80.0 Å². The highest BCUT2D eigenvalue weighted by Crippen LogP contribution is 2.11. The van der Waals surface area contributed by atoms with Crippen molar-refractivity contribution in [2.24, 2.45) is 0 Å². The molecule has 0 aromatic carbocycles. The fraction of sp³-hybridized carbons (Fsp3) is 0.417. The van der Waals surface area contributed by atoms with Gasteiger partial charge in [-0.3, -0.25) is 4.79 Å². The third-order valence-corrected chi connectivity index (χ3v) is 3.51. The number of aliphatic hydroxyl groups excluding tert-OH is 1. The number of nitrogens with zero attached hydrogens (tertiary/aromatic N) is 3. The molecule has 0 aliphatic carbocycles. The van der Waals surface area contributed by atoms with Crippen LogP contribution in [0.4, 0.5) is 0 Å². The van der Waals surface area contributed by atoms with Crippen LogP contribution in [0, 0.1) is 0 Å². The van der Waals surface area contributed by atoms with E-state index >= 15 is 0 Å². The van der Waals surface area contributed by atoms with E-state index in [0.717, 1.165) is 4.88 Å². The van der Waals surface area contributed by atoms with Gasteiger partial charge in [0.25, 0.3) is 0 Å². The van der Waals surface area contributed by atoms with Crippen LogP contribution < -0.4 is 5.32 Å². The Balaban J connectivity index is 1.83. The van der Waals surface area contributed by atoms with Gasteiger partial charge in [0.1, 0.15) is 12.2 Å². The largest absolute Gasteiger partial charge is 0.387 e. The van der Waals surface area contributed by atoms with Crippen molar-refractivity contribution in [3.05, 3.63) is 34.3 Å². The number of hydrogen-bond donors (Lipinski definition) is 2. The number of amides is 1. The second-order valence-electron chi connectivity index (χ2n) is 4.12. The van der Waals surface area contributed by atoms with Crippen LogP contribution in [0.15, 0.2) is 23.7 Å².